The minimum atomic E-state index is -0.933. The Kier molecular flexibility index (Phi) is 5.55. The molecule has 30 heavy (non-hydrogen) atoms. The lowest BCUT2D eigenvalue weighted by Gasteiger charge is -2.34. The van der Waals surface area contributed by atoms with Gasteiger partial charge in [0.2, 0.25) is 11.9 Å². The lowest BCUT2D eigenvalue weighted by molar-refractivity contribution is -0.123. The van der Waals surface area contributed by atoms with Gasteiger partial charge in [-0.2, -0.15) is 10.2 Å². The first-order chi connectivity index (χ1) is 14.5. The standard InChI is InChI=1S/C22H27N7O/c1-3-22(16-23)9-11-29(20(22)30)19-8-10-24-21(26-19)25-17-4-6-18(7-5-17)28-14-12-27(2)13-15-28/h4-8,10H,3,9,11-15H2,1-2H3,(H,24,25,26)/t22-/m1/s1. The van der Waals surface area contributed by atoms with Crippen LogP contribution in [0, 0.1) is 16.7 Å². The summed E-state index contributed by atoms with van der Waals surface area (Å²) in [5.74, 6) is 0.782. The van der Waals surface area contributed by atoms with E-state index in [4.69, 9.17) is 0 Å². The summed E-state index contributed by atoms with van der Waals surface area (Å²) in [6.45, 7) is 6.57. The molecule has 2 saturated heterocycles. The van der Waals surface area contributed by atoms with Crippen LogP contribution in [-0.4, -0.2) is 60.5 Å². The smallest absolute Gasteiger partial charge is 0.248 e. The second-order valence-corrected chi connectivity index (χ2v) is 7.95. The number of rotatable bonds is 5. The number of nitriles is 1. The largest absolute Gasteiger partial charge is 0.369 e. The number of carbonyl (C=O) groups is 1. The van der Waals surface area contributed by atoms with E-state index < -0.39 is 5.41 Å². The van der Waals surface area contributed by atoms with Crippen molar-refractivity contribution in [3.8, 4) is 6.07 Å². The maximum absolute atomic E-state index is 12.8. The van der Waals surface area contributed by atoms with Gasteiger partial charge >= 0.3 is 0 Å². The van der Waals surface area contributed by atoms with Crippen molar-refractivity contribution in [3.05, 3.63) is 36.5 Å². The zero-order valence-electron chi connectivity index (χ0n) is 17.5. The van der Waals surface area contributed by atoms with Crippen molar-refractivity contribution in [2.24, 2.45) is 5.41 Å². The molecule has 8 nitrogen and oxygen atoms in total. The summed E-state index contributed by atoms with van der Waals surface area (Å²) in [6.07, 6.45) is 2.67. The monoisotopic (exact) mass is 405 g/mol. The topological polar surface area (TPSA) is 88.4 Å². The van der Waals surface area contributed by atoms with Gasteiger partial charge in [-0.25, -0.2) is 4.98 Å². The van der Waals surface area contributed by atoms with Crippen LogP contribution in [0.4, 0.5) is 23.1 Å². The van der Waals surface area contributed by atoms with E-state index in [0.717, 1.165) is 31.9 Å². The molecule has 1 amide bonds. The molecule has 2 aromatic rings. The highest BCUT2D eigenvalue weighted by Crippen LogP contribution is 2.36. The van der Waals surface area contributed by atoms with Crippen LogP contribution in [-0.2, 0) is 4.79 Å². The molecule has 8 heteroatoms. The second kappa shape index (κ2) is 8.28. The number of aromatic nitrogens is 2. The molecule has 0 bridgehead atoms. The van der Waals surface area contributed by atoms with Crippen LogP contribution in [0.2, 0.25) is 0 Å². The number of anilines is 4. The van der Waals surface area contributed by atoms with Gasteiger partial charge in [0, 0.05) is 50.3 Å². The van der Waals surface area contributed by atoms with E-state index in [9.17, 15) is 10.1 Å². The van der Waals surface area contributed by atoms with Gasteiger partial charge in [0.25, 0.3) is 0 Å². The fourth-order valence-corrected chi connectivity index (χ4v) is 4.01. The molecule has 4 rings (SSSR count). The molecule has 1 aromatic heterocycles. The van der Waals surface area contributed by atoms with E-state index in [-0.39, 0.29) is 5.91 Å². The lowest BCUT2D eigenvalue weighted by Crippen LogP contribution is -2.44. The Labute approximate surface area is 177 Å². The Balaban J connectivity index is 1.45. The molecule has 0 saturated carbocycles. The van der Waals surface area contributed by atoms with E-state index in [1.165, 1.54) is 5.69 Å². The number of amides is 1. The number of hydrogen-bond donors (Lipinski definition) is 1. The number of hydrogen-bond acceptors (Lipinski definition) is 7. The van der Waals surface area contributed by atoms with Crippen molar-refractivity contribution in [2.45, 2.75) is 19.8 Å². The molecule has 0 unspecified atom stereocenters. The first kappa shape index (κ1) is 20.1. The number of benzene rings is 1. The lowest BCUT2D eigenvalue weighted by atomic mass is 9.85. The second-order valence-electron chi connectivity index (χ2n) is 7.95. The SMILES string of the molecule is CC[C@]1(C#N)CCN(c2ccnc(Nc3ccc(N4CCN(C)CC4)cc3)n2)C1=O. The minimum Gasteiger partial charge on any atom is -0.369 e. The van der Waals surface area contributed by atoms with Crippen LogP contribution in [0.15, 0.2) is 36.5 Å². The van der Waals surface area contributed by atoms with Crippen LogP contribution in [0.25, 0.3) is 0 Å². The highest BCUT2D eigenvalue weighted by atomic mass is 16.2. The molecule has 2 fully saturated rings. The molecule has 1 aromatic carbocycles. The predicted molar refractivity (Wildman–Crippen MR) is 117 cm³/mol. The van der Waals surface area contributed by atoms with E-state index in [2.05, 4.69) is 50.3 Å². The van der Waals surface area contributed by atoms with Gasteiger partial charge in [-0.05, 0) is 50.2 Å². The van der Waals surface area contributed by atoms with Crippen LogP contribution in [0.3, 0.4) is 0 Å². The number of likely N-dealkylation sites (N-methyl/N-ethyl adjacent to an activating group) is 1. The fraction of sp³-hybridized carbons (Fsp3) is 0.455. The molecule has 1 atom stereocenters. The van der Waals surface area contributed by atoms with Gasteiger partial charge in [-0.15, -0.1) is 0 Å². The third kappa shape index (κ3) is 3.81. The summed E-state index contributed by atoms with van der Waals surface area (Å²) in [6, 6.07) is 12.2. The summed E-state index contributed by atoms with van der Waals surface area (Å²) in [5, 5.41) is 12.7. The highest BCUT2D eigenvalue weighted by molar-refractivity contribution is 6.01. The van der Waals surface area contributed by atoms with Gasteiger partial charge in [0.15, 0.2) is 0 Å². The number of nitrogens with one attached hydrogen (secondary N) is 1. The van der Waals surface area contributed by atoms with Crippen LogP contribution < -0.4 is 15.1 Å². The molecule has 2 aliphatic heterocycles. The first-order valence-corrected chi connectivity index (χ1v) is 10.4. The quantitative estimate of drug-likeness (QED) is 0.818. The molecule has 3 heterocycles. The van der Waals surface area contributed by atoms with Crippen LogP contribution in [0.5, 0.6) is 0 Å². The molecule has 0 aliphatic carbocycles. The Morgan fingerprint density at radius 1 is 1.13 bits per heavy atom. The van der Waals surface area contributed by atoms with Crippen molar-refractivity contribution in [3.63, 3.8) is 0 Å². The van der Waals surface area contributed by atoms with Gasteiger partial charge in [0.1, 0.15) is 11.2 Å². The maximum atomic E-state index is 12.8. The molecule has 0 spiro atoms. The number of nitrogens with zero attached hydrogens (tertiary/aromatic N) is 6. The normalized spacial score (nSPS) is 22.2. The fourth-order valence-electron chi connectivity index (χ4n) is 4.01. The van der Waals surface area contributed by atoms with Gasteiger partial charge in [0.05, 0.1) is 6.07 Å². The zero-order valence-corrected chi connectivity index (χ0v) is 17.5. The van der Waals surface area contributed by atoms with E-state index >= 15 is 0 Å². The van der Waals surface area contributed by atoms with Crippen molar-refractivity contribution in [1.82, 2.24) is 14.9 Å². The Morgan fingerprint density at radius 2 is 1.87 bits per heavy atom. The average Bonchev–Trinajstić information content (AvgIpc) is 3.12. The minimum absolute atomic E-state index is 0.173. The predicted octanol–water partition coefficient (Wildman–Crippen LogP) is 2.63. The summed E-state index contributed by atoms with van der Waals surface area (Å²) < 4.78 is 0. The summed E-state index contributed by atoms with van der Waals surface area (Å²) in [4.78, 5) is 27.9. The molecular formula is C22H27N7O. The van der Waals surface area contributed by atoms with Gasteiger partial charge < -0.3 is 15.1 Å². The summed E-state index contributed by atoms with van der Waals surface area (Å²) in [5.41, 5.74) is 1.16. The van der Waals surface area contributed by atoms with Crippen LogP contribution >= 0.6 is 0 Å². The summed E-state index contributed by atoms with van der Waals surface area (Å²) in [7, 11) is 2.15. The Morgan fingerprint density at radius 3 is 2.50 bits per heavy atom. The summed E-state index contributed by atoms with van der Waals surface area (Å²) >= 11 is 0. The molecule has 1 N–H and O–H groups in total. The van der Waals surface area contributed by atoms with Crippen molar-refractivity contribution in [1.29, 1.82) is 5.26 Å². The Hall–Kier alpha value is -3.18. The molecule has 2 aliphatic rings. The average molecular weight is 406 g/mol. The molecule has 0 radical (unpaired) electrons. The van der Waals surface area contributed by atoms with Crippen LogP contribution in [0.1, 0.15) is 19.8 Å². The van der Waals surface area contributed by atoms with Crippen molar-refractivity contribution >= 4 is 29.0 Å². The third-order valence-electron chi connectivity index (χ3n) is 6.14. The molecular weight excluding hydrogens is 378 g/mol. The number of piperazine rings is 1. The van der Waals surface area contributed by atoms with E-state index in [1.807, 2.05) is 19.1 Å². The van der Waals surface area contributed by atoms with Crippen molar-refractivity contribution < 1.29 is 4.79 Å². The van der Waals surface area contributed by atoms with Gasteiger partial charge in [-0.1, -0.05) is 6.92 Å². The van der Waals surface area contributed by atoms with E-state index in [0.29, 0.717) is 31.2 Å². The number of carbonyl (C=O) groups excluding carboxylic acids is 1. The first-order valence-electron chi connectivity index (χ1n) is 10.4. The van der Waals surface area contributed by atoms with Crippen molar-refractivity contribution in [2.75, 3.05) is 54.9 Å². The molecule has 156 valence electrons. The highest BCUT2D eigenvalue weighted by Gasteiger charge is 2.46. The third-order valence-corrected chi connectivity index (χ3v) is 6.14. The van der Waals surface area contributed by atoms with E-state index in [1.54, 1.807) is 17.2 Å². The van der Waals surface area contributed by atoms with Gasteiger partial charge in [-0.3, -0.25) is 9.69 Å². The Bertz CT molecular complexity index is 947. The zero-order chi connectivity index (χ0) is 21.1. The maximum Gasteiger partial charge on any atom is 0.248 e.